The maximum atomic E-state index is 6.36. The van der Waals surface area contributed by atoms with Gasteiger partial charge in [0, 0.05) is 16.1 Å². The van der Waals surface area contributed by atoms with E-state index in [1.807, 2.05) is 12.1 Å². The van der Waals surface area contributed by atoms with E-state index in [2.05, 4.69) is 30.7 Å². The van der Waals surface area contributed by atoms with Gasteiger partial charge >= 0.3 is 0 Å². The average molecular weight is 300 g/mol. The topological polar surface area (TPSA) is 41.6 Å². The highest BCUT2D eigenvalue weighted by atomic mass is 35.5. The number of aliphatic imine (C=N–C) groups is 1. The number of benzene rings is 1. The van der Waals surface area contributed by atoms with E-state index in [9.17, 15) is 0 Å². The third kappa shape index (κ3) is 2.41. The predicted molar refractivity (Wildman–Crippen MR) is 81.9 cm³/mol. The normalized spacial score (nSPS) is 24.5. The second-order valence-electron chi connectivity index (χ2n) is 5.20. The third-order valence-corrected chi connectivity index (χ3v) is 4.42. The van der Waals surface area contributed by atoms with E-state index in [0.29, 0.717) is 28.6 Å². The van der Waals surface area contributed by atoms with Gasteiger partial charge in [-0.05, 0) is 38.0 Å². The van der Waals surface area contributed by atoms with Crippen molar-refractivity contribution in [3.63, 3.8) is 0 Å². The molecular weight excluding hydrogens is 281 g/mol. The smallest absolute Gasteiger partial charge is 0.192 e. The van der Waals surface area contributed by atoms with Crippen LogP contribution in [0.25, 0.3) is 0 Å². The van der Waals surface area contributed by atoms with Crippen LogP contribution in [0.4, 0.5) is 0 Å². The second-order valence-corrected chi connectivity index (χ2v) is 6.04. The molecule has 2 N–H and O–H groups in total. The lowest BCUT2D eigenvalue weighted by molar-refractivity contribution is 0.171. The minimum absolute atomic E-state index is 0.304. The molecule has 0 saturated carbocycles. The Bertz CT molecular complexity index is 515. The van der Waals surface area contributed by atoms with Crippen molar-refractivity contribution >= 4 is 29.2 Å². The van der Waals surface area contributed by atoms with Gasteiger partial charge in [-0.3, -0.25) is 4.99 Å². The zero-order valence-corrected chi connectivity index (χ0v) is 13.0. The maximum Gasteiger partial charge on any atom is 0.192 e. The summed E-state index contributed by atoms with van der Waals surface area (Å²) < 4.78 is 0. The highest BCUT2D eigenvalue weighted by Crippen LogP contribution is 2.39. The molecule has 0 fully saturated rings. The van der Waals surface area contributed by atoms with Gasteiger partial charge < -0.3 is 10.6 Å². The van der Waals surface area contributed by atoms with Crippen molar-refractivity contribution in [1.29, 1.82) is 0 Å². The number of nitrogens with two attached hydrogens (primary N) is 1. The summed E-state index contributed by atoms with van der Waals surface area (Å²) in [6.07, 6.45) is 0.997. The lowest BCUT2D eigenvalue weighted by atomic mass is 9.89. The van der Waals surface area contributed by atoms with Crippen LogP contribution in [0.3, 0.4) is 0 Å². The van der Waals surface area contributed by atoms with Gasteiger partial charge in [-0.2, -0.15) is 0 Å². The van der Waals surface area contributed by atoms with E-state index < -0.39 is 0 Å². The van der Waals surface area contributed by atoms with Crippen molar-refractivity contribution in [3.8, 4) is 0 Å². The second kappa shape index (κ2) is 5.22. The van der Waals surface area contributed by atoms with E-state index in [4.69, 9.17) is 28.9 Å². The molecule has 1 aromatic rings. The Morgan fingerprint density at radius 1 is 1.47 bits per heavy atom. The first kappa shape index (κ1) is 14.5. The number of rotatable bonds is 3. The molecule has 1 aromatic carbocycles. The van der Waals surface area contributed by atoms with Crippen LogP contribution in [0.2, 0.25) is 10.0 Å². The average Bonchev–Trinajstić information content (AvgIpc) is 2.65. The van der Waals surface area contributed by atoms with Gasteiger partial charge in [-0.15, -0.1) is 0 Å². The van der Waals surface area contributed by atoms with Crippen LogP contribution in [0, 0.1) is 0 Å². The summed E-state index contributed by atoms with van der Waals surface area (Å²) in [6, 6.07) is 5.90. The first-order valence-corrected chi connectivity index (χ1v) is 7.20. The molecule has 1 aliphatic rings. The van der Waals surface area contributed by atoms with E-state index in [-0.39, 0.29) is 5.54 Å². The molecule has 2 rings (SSSR count). The Morgan fingerprint density at radius 2 is 2.16 bits per heavy atom. The van der Waals surface area contributed by atoms with E-state index in [1.54, 1.807) is 6.07 Å². The van der Waals surface area contributed by atoms with Gasteiger partial charge in [0.1, 0.15) is 0 Å². The SMILES string of the molecule is CCC(C)N1C(N)=NCC1(C)c1ccc(Cl)cc1Cl. The van der Waals surface area contributed by atoms with Crippen molar-refractivity contribution < 1.29 is 0 Å². The summed E-state index contributed by atoms with van der Waals surface area (Å²) in [4.78, 5) is 6.56. The van der Waals surface area contributed by atoms with Gasteiger partial charge in [0.15, 0.2) is 5.96 Å². The number of guanidine groups is 1. The highest BCUT2D eigenvalue weighted by Gasteiger charge is 2.42. The lowest BCUT2D eigenvalue weighted by Gasteiger charge is -2.41. The highest BCUT2D eigenvalue weighted by molar-refractivity contribution is 6.35. The van der Waals surface area contributed by atoms with Gasteiger partial charge in [0.05, 0.1) is 12.1 Å². The Kier molecular flexibility index (Phi) is 3.98. The van der Waals surface area contributed by atoms with E-state index in [1.165, 1.54) is 0 Å². The van der Waals surface area contributed by atoms with Crippen molar-refractivity contribution in [2.24, 2.45) is 10.7 Å². The number of nitrogens with zero attached hydrogens (tertiary/aromatic N) is 2. The Morgan fingerprint density at radius 3 is 2.74 bits per heavy atom. The molecule has 19 heavy (non-hydrogen) atoms. The molecule has 0 aromatic heterocycles. The van der Waals surface area contributed by atoms with Gasteiger partial charge in [-0.25, -0.2) is 0 Å². The van der Waals surface area contributed by atoms with Crippen molar-refractivity contribution in [2.45, 2.75) is 38.8 Å². The Labute approximate surface area is 124 Å². The molecule has 2 atom stereocenters. The zero-order chi connectivity index (χ0) is 14.2. The largest absolute Gasteiger partial charge is 0.370 e. The minimum atomic E-state index is -0.304. The summed E-state index contributed by atoms with van der Waals surface area (Å²) in [5, 5.41) is 1.30. The first-order chi connectivity index (χ1) is 8.90. The monoisotopic (exact) mass is 299 g/mol. The summed E-state index contributed by atoms with van der Waals surface area (Å²) >= 11 is 12.3. The van der Waals surface area contributed by atoms with Crippen LogP contribution in [0.1, 0.15) is 32.8 Å². The molecule has 0 saturated heterocycles. The summed E-state index contributed by atoms with van der Waals surface area (Å²) in [5.41, 5.74) is 6.77. The van der Waals surface area contributed by atoms with E-state index in [0.717, 1.165) is 12.0 Å². The molecule has 0 spiro atoms. The molecular formula is C14H19Cl2N3. The molecule has 0 radical (unpaired) electrons. The summed E-state index contributed by atoms with van der Waals surface area (Å²) in [6.45, 7) is 7.03. The van der Waals surface area contributed by atoms with Crippen molar-refractivity contribution in [3.05, 3.63) is 33.8 Å². The van der Waals surface area contributed by atoms with Crippen molar-refractivity contribution in [1.82, 2.24) is 4.90 Å². The number of halogens is 2. The van der Waals surface area contributed by atoms with Crippen LogP contribution < -0.4 is 5.73 Å². The standard InChI is InChI=1S/C14H19Cl2N3/c1-4-9(2)19-13(17)18-8-14(19,3)11-6-5-10(15)7-12(11)16/h5-7,9H,4,8H2,1-3H3,(H2,17,18). The molecule has 0 aliphatic carbocycles. The van der Waals surface area contributed by atoms with Gasteiger partial charge in [-0.1, -0.05) is 36.2 Å². The fraction of sp³-hybridized carbons (Fsp3) is 0.500. The summed E-state index contributed by atoms with van der Waals surface area (Å²) in [5.74, 6) is 0.586. The van der Waals surface area contributed by atoms with Crippen LogP contribution in [0.15, 0.2) is 23.2 Å². The Balaban J connectivity index is 2.47. The van der Waals surface area contributed by atoms with Crippen LogP contribution >= 0.6 is 23.2 Å². The number of hydrogen-bond donors (Lipinski definition) is 1. The molecule has 2 unspecified atom stereocenters. The van der Waals surface area contributed by atoms with Crippen LogP contribution in [-0.4, -0.2) is 23.4 Å². The Hall–Kier alpha value is -0.930. The molecule has 0 bridgehead atoms. The molecule has 0 amide bonds. The molecule has 3 nitrogen and oxygen atoms in total. The van der Waals surface area contributed by atoms with Gasteiger partial charge in [0.2, 0.25) is 0 Å². The maximum absolute atomic E-state index is 6.36. The lowest BCUT2D eigenvalue weighted by Crippen LogP contribution is -2.51. The summed E-state index contributed by atoms with van der Waals surface area (Å²) in [7, 11) is 0. The zero-order valence-electron chi connectivity index (χ0n) is 11.5. The fourth-order valence-electron chi connectivity index (χ4n) is 2.68. The number of hydrogen-bond acceptors (Lipinski definition) is 3. The van der Waals surface area contributed by atoms with E-state index >= 15 is 0 Å². The fourth-order valence-corrected chi connectivity index (χ4v) is 3.29. The molecule has 5 heteroatoms. The van der Waals surface area contributed by atoms with Gasteiger partial charge in [0.25, 0.3) is 0 Å². The quantitative estimate of drug-likeness (QED) is 0.926. The van der Waals surface area contributed by atoms with Crippen LogP contribution in [0.5, 0.6) is 0 Å². The molecule has 1 aliphatic heterocycles. The van der Waals surface area contributed by atoms with Crippen molar-refractivity contribution in [2.75, 3.05) is 6.54 Å². The van der Waals surface area contributed by atoms with Crippen LogP contribution in [-0.2, 0) is 5.54 Å². The third-order valence-electron chi connectivity index (χ3n) is 3.87. The molecule has 1 heterocycles. The minimum Gasteiger partial charge on any atom is -0.370 e. The molecule has 104 valence electrons. The predicted octanol–water partition coefficient (Wildman–Crippen LogP) is 3.64. The first-order valence-electron chi connectivity index (χ1n) is 6.45.